The predicted molar refractivity (Wildman–Crippen MR) is 87.2 cm³/mol. The molecule has 0 radical (unpaired) electrons. The van der Waals surface area contributed by atoms with Crippen molar-refractivity contribution in [3.63, 3.8) is 0 Å². The van der Waals surface area contributed by atoms with Gasteiger partial charge in [-0.1, -0.05) is 32.1 Å². The summed E-state index contributed by atoms with van der Waals surface area (Å²) in [6.45, 7) is 4.18. The van der Waals surface area contributed by atoms with Gasteiger partial charge in [-0.05, 0) is 23.6 Å². The maximum Gasteiger partial charge on any atom is 0.422 e. The van der Waals surface area contributed by atoms with Gasteiger partial charge in [0, 0.05) is 0 Å². The number of amides is 1. The molecular formula is C15H18F3N3O2S. The fraction of sp³-hybridized carbons (Fsp3) is 0.467. The van der Waals surface area contributed by atoms with E-state index in [-0.39, 0.29) is 11.7 Å². The van der Waals surface area contributed by atoms with Crippen LogP contribution in [-0.2, 0) is 4.79 Å². The van der Waals surface area contributed by atoms with Crippen LogP contribution >= 0.6 is 11.3 Å². The number of thiazole rings is 1. The molecule has 0 aliphatic carbocycles. The molecule has 5 nitrogen and oxygen atoms in total. The molecule has 3 N–H and O–H groups in total. The summed E-state index contributed by atoms with van der Waals surface area (Å²) in [7, 11) is 0. The third kappa shape index (κ3) is 4.81. The van der Waals surface area contributed by atoms with Crippen LogP contribution in [0, 0.1) is 5.41 Å². The zero-order valence-corrected chi connectivity index (χ0v) is 14.2. The summed E-state index contributed by atoms with van der Waals surface area (Å²) in [5, 5.41) is 2.97. The summed E-state index contributed by atoms with van der Waals surface area (Å²) in [6, 6.07) is 3.69. The minimum atomic E-state index is -4.40. The van der Waals surface area contributed by atoms with Gasteiger partial charge in [0.15, 0.2) is 11.7 Å². The highest BCUT2D eigenvalue weighted by Gasteiger charge is 2.29. The third-order valence-corrected chi connectivity index (χ3v) is 4.14. The van der Waals surface area contributed by atoms with Crippen molar-refractivity contribution in [2.75, 3.05) is 11.9 Å². The molecule has 24 heavy (non-hydrogen) atoms. The summed E-state index contributed by atoms with van der Waals surface area (Å²) >= 11 is 1.14. The summed E-state index contributed by atoms with van der Waals surface area (Å²) < 4.78 is 41.8. The van der Waals surface area contributed by atoms with Crippen LogP contribution in [0.5, 0.6) is 5.75 Å². The van der Waals surface area contributed by atoms with Gasteiger partial charge in [-0.3, -0.25) is 4.79 Å². The number of hydrogen-bond donors (Lipinski definition) is 2. The van der Waals surface area contributed by atoms with E-state index in [1.54, 1.807) is 0 Å². The number of halogens is 3. The van der Waals surface area contributed by atoms with E-state index in [2.05, 4.69) is 10.3 Å². The Balaban J connectivity index is 2.12. The normalized spacial score (nSPS) is 13.8. The van der Waals surface area contributed by atoms with Crippen molar-refractivity contribution in [3.8, 4) is 5.75 Å². The lowest BCUT2D eigenvalue weighted by Gasteiger charge is -2.25. The van der Waals surface area contributed by atoms with E-state index in [9.17, 15) is 18.0 Å². The molecule has 0 spiro atoms. The van der Waals surface area contributed by atoms with E-state index in [4.69, 9.17) is 10.5 Å². The van der Waals surface area contributed by atoms with Crippen molar-refractivity contribution in [2.45, 2.75) is 33.0 Å². The number of ether oxygens (including phenoxy) is 1. The van der Waals surface area contributed by atoms with Gasteiger partial charge in [0.05, 0.1) is 16.3 Å². The Kier molecular flexibility index (Phi) is 5.05. The number of nitrogens with zero attached hydrogens (tertiary/aromatic N) is 1. The van der Waals surface area contributed by atoms with Crippen molar-refractivity contribution in [2.24, 2.45) is 11.1 Å². The zero-order valence-electron chi connectivity index (χ0n) is 13.4. The second-order valence-electron chi connectivity index (χ2n) is 6.39. The minimum Gasteiger partial charge on any atom is -0.484 e. The molecule has 1 atom stereocenters. The standard InChI is InChI=1S/C15H18F3N3O2S/c1-14(2,3)11(19)12(22)21-13-20-9-5-4-8(6-10(9)24-13)23-7-15(16,17)18/h4-6,11H,7,19H2,1-3H3,(H,20,21,22)/t11-/m1/s1. The van der Waals surface area contributed by atoms with Crippen molar-refractivity contribution in [1.29, 1.82) is 0 Å². The molecule has 132 valence electrons. The summed E-state index contributed by atoms with van der Waals surface area (Å²) in [4.78, 5) is 16.3. The molecule has 1 heterocycles. The SMILES string of the molecule is CC(C)(C)[C@H](N)C(=O)Nc1nc2ccc(OCC(F)(F)F)cc2s1. The van der Waals surface area contributed by atoms with E-state index in [1.807, 2.05) is 20.8 Å². The van der Waals surface area contributed by atoms with Crippen LogP contribution < -0.4 is 15.8 Å². The number of fused-ring (bicyclic) bond motifs is 1. The van der Waals surface area contributed by atoms with Crippen LogP contribution in [0.1, 0.15) is 20.8 Å². The van der Waals surface area contributed by atoms with Crippen molar-refractivity contribution >= 4 is 32.6 Å². The zero-order chi connectivity index (χ0) is 18.1. The first-order valence-electron chi connectivity index (χ1n) is 7.12. The van der Waals surface area contributed by atoms with Crippen LogP contribution in [0.15, 0.2) is 18.2 Å². The van der Waals surface area contributed by atoms with E-state index in [1.165, 1.54) is 18.2 Å². The number of aromatic nitrogens is 1. The second kappa shape index (κ2) is 6.56. The Morgan fingerprint density at radius 2 is 2.04 bits per heavy atom. The van der Waals surface area contributed by atoms with E-state index < -0.39 is 24.2 Å². The topological polar surface area (TPSA) is 77.2 Å². The first-order valence-corrected chi connectivity index (χ1v) is 7.94. The number of hydrogen-bond acceptors (Lipinski definition) is 5. The molecule has 0 fully saturated rings. The summed E-state index contributed by atoms with van der Waals surface area (Å²) in [6.07, 6.45) is -4.40. The molecule has 1 aromatic carbocycles. The van der Waals surface area contributed by atoms with Crippen LogP contribution in [-0.4, -0.2) is 29.7 Å². The van der Waals surface area contributed by atoms with Crippen molar-refractivity contribution < 1.29 is 22.7 Å². The monoisotopic (exact) mass is 361 g/mol. The number of nitrogens with two attached hydrogens (primary N) is 1. The van der Waals surface area contributed by atoms with Gasteiger partial charge in [-0.25, -0.2) is 4.98 Å². The summed E-state index contributed by atoms with van der Waals surface area (Å²) in [5.41, 5.74) is 6.03. The van der Waals surface area contributed by atoms with Gasteiger partial charge in [-0.2, -0.15) is 13.2 Å². The molecule has 2 rings (SSSR count). The molecule has 1 amide bonds. The average molecular weight is 361 g/mol. The van der Waals surface area contributed by atoms with E-state index in [0.29, 0.717) is 15.3 Å². The number of benzene rings is 1. The van der Waals surface area contributed by atoms with Gasteiger partial charge in [0.2, 0.25) is 5.91 Å². The first-order chi connectivity index (χ1) is 11.0. The molecule has 0 saturated carbocycles. The predicted octanol–water partition coefficient (Wildman–Crippen LogP) is 3.55. The fourth-order valence-corrected chi connectivity index (χ4v) is 2.69. The Bertz CT molecular complexity index is 738. The third-order valence-electron chi connectivity index (χ3n) is 3.21. The second-order valence-corrected chi connectivity index (χ2v) is 7.42. The van der Waals surface area contributed by atoms with Gasteiger partial charge in [-0.15, -0.1) is 0 Å². The largest absolute Gasteiger partial charge is 0.484 e. The Hall–Kier alpha value is -1.87. The quantitative estimate of drug-likeness (QED) is 0.873. The molecule has 9 heteroatoms. The number of nitrogens with one attached hydrogen (secondary N) is 1. The van der Waals surface area contributed by atoms with Crippen LogP contribution in [0.4, 0.5) is 18.3 Å². The number of rotatable bonds is 4. The molecule has 0 aliphatic heterocycles. The van der Waals surface area contributed by atoms with Gasteiger partial charge in [0.25, 0.3) is 0 Å². The van der Waals surface area contributed by atoms with Crippen molar-refractivity contribution in [3.05, 3.63) is 18.2 Å². The Labute approximate surface area is 141 Å². The molecule has 1 aromatic heterocycles. The molecule has 0 unspecified atom stereocenters. The number of anilines is 1. The van der Waals surface area contributed by atoms with Gasteiger partial charge >= 0.3 is 6.18 Å². The first kappa shape index (κ1) is 18.5. The smallest absolute Gasteiger partial charge is 0.422 e. The maximum absolute atomic E-state index is 12.2. The molecule has 0 saturated heterocycles. The number of carbonyl (C=O) groups is 1. The molecule has 2 aromatic rings. The highest BCUT2D eigenvalue weighted by molar-refractivity contribution is 7.22. The Morgan fingerprint density at radius 1 is 1.38 bits per heavy atom. The lowest BCUT2D eigenvalue weighted by atomic mass is 9.87. The molecule has 0 aliphatic rings. The number of carbonyl (C=O) groups excluding carboxylic acids is 1. The van der Waals surface area contributed by atoms with Gasteiger partial charge < -0.3 is 15.8 Å². The minimum absolute atomic E-state index is 0.0905. The lowest BCUT2D eigenvalue weighted by Crippen LogP contribution is -2.45. The highest BCUT2D eigenvalue weighted by Crippen LogP contribution is 2.30. The number of alkyl halides is 3. The molecular weight excluding hydrogens is 343 g/mol. The van der Waals surface area contributed by atoms with Gasteiger partial charge in [0.1, 0.15) is 5.75 Å². The van der Waals surface area contributed by atoms with Crippen LogP contribution in [0.3, 0.4) is 0 Å². The van der Waals surface area contributed by atoms with E-state index in [0.717, 1.165) is 11.3 Å². The van der Waals surface area contributed by atoms with E-state index >= 15 is 0 Å². The van der Waals surface area contributed by atoms with Crippen LogP contribution in [0.25, 0.3) is 10.2 Å². The maximum atomic E-state index is 12.2. The molecule has 0 bridgehead atoms. The lowest BCUT2D eigenvalue weighted by molar-refractivity contribution is -0.153. The fourth-order valence-electron chi connectivity index (χ4n) is 1.79. The van der Waals surface area contributed by atoms with Crippen LogP contribution in [0.2, 0.25) is 0 Å². The average Bonchev–Trinajstić information content (AvgIpc) is 2.83. The summed E-state index contributed by atoms with van der Waals surface area (Å²) in [5.74, 6) is -0.275. The highest BCUT2D eigenvalue weighted by atomic mass is 32.1. The van der Waals surface area contributed by atoms with Crippen molar-refractivity contribution in [1.82, 2.24) is 4.98 Å². The Morgan fingerprint density at radius 3 is 2.62 bits per heavy atom.